The lowest BCUT2D eigenvalue weighted by molar-refractivity contribution is -0.687. The molecule has 12 aromatic heterocycles. The van der Waals surface area contributed by atoms with E-state index < -0.39 is 0 Å². The average Bonchev–Trinajstić information content (AvgIpc) is 1.66. The third kappa shape index (κ3) is 12.1. The molecule has 0 unspecified atom stereocenters. The van der Waals surface area contributed by atoms with Crippen LogP contribution in [0, 0.1) is 34.6 Å². The number of benzene rings is 7. The Labute approximate surface area is 618 Å². The molecule has 0 atom stereocenters. The van der Waals surface area contributed by atoms with Crippen molar-refractivity contribution in [3.8, 4) is 91.5 Å². The molecule has 0 amide bonds. The number of nitrogens with zero attached hydrogens (tertiary/aromatic N) is 11. The van der Waals surface area contributed by atoms with Gasteiger partial charge in [0.05, 0.1) is 16.8 Å². The average molecular weight is 1410 g/mol. The van der Waals surface area contributed by atoms with E-state index in [4.69, 9.17) is 26.5 Å². The Bertz CT molecular complexity index is 6680. The summed E-state index contributed by atoms with van der Waals surface area (Å²) in [6, 6.07) is 80.9. The standard InChI is InChI=1S/C27H23N3O2.C27H22N2O2.C21H20N2O.C15H18N4O/c1-16-12-14-18-19-15-13-17(2)28-26(19)32-25(18)24(16)21-9-7-10-22(29(21)3)27-30(4)20-8-5-6-11-23(20)31-27;1-17-15-16-19-18-9-4-6-13-23(18)30-26(19)25(17)21-11-8-12-22(28(21)2)27-29(3)20-10-5-7-14-24(20)31-27;1-15-9-4-5-10-16(15)17-12-8-13-19(22(17)2)21-23(3)18-11-6-7-14-20(18)24-21;1-11-10-14(19(4)16-11)12-6-5-7-13(18(12)3)15-17(2)8-9-20-15/h5-15H,1-4H3;4-16H,1-3H3;4-14H,1-3H3;5-10H,1-4H3/q4*+2. The van der Waals surface area contributed by atoms with Crippen molar-refractivity contribution in [3.05, 3.63) is 277 Å². The fourth-order valence-electron chi connectivity index (χ4n) is 14.9. The van der Waals surface area contributed by atoms with Gasteiger partial charge in [-0.05, 0) is 124 Å². The van der Waals surface area contributed by atoms with Gasteiger partial charge in [-0.25, -0.2) is 4.98 Å². The van der Waals surface area contributed by atoms with Crippen LogP contribution in [0.15, 0.2) is 276 Å². The second-order valence-corrected chi connectivity index (χ2v) is 27.4. The quantitative estimate of drug-likeness (QED) is 0.137. The predicted octanol–water partition coefficient (Wildman–Crippen LogP) is 16.0. The van der Waals surface area contributed by atoms with Crippen molar-refractivity contribution in [2.75, 3.05) is 0 Å². The molecule has 0 saturated carbocycles. The Morgan fingerprint density at radius 3 is 1.23 bits per heavy atom. The van der Waals surface area contributed by atoms with Crippen LogP contribution >= 0.6 is 0 Å². The summed E-state index contributed by atoms with van der Waals surface area (Å²) in [5.41, 5.74) is 27.7. The van der Waals surface area contributed by atoms with Crippen molar-refractivity contribution >= 4 is 77.3 Å². The molecular formula is C90H83N11O6+8. The summed E-state index contributed by atoms with van der Waals surface area (Å²) in [6.45, 7) is 10.4. The molecule has 19 rings (SSSR count). The molecule has 0 spiro atoms. The molecule has 7 aromatic carbocycles. The Balaban J connectivity index is 0.000000111. The molecule has 17 heteroatoms. The lowest BCUT2D eigenvalue weighted by Gasteiger charge is -2.06. The van der Waals surface area contributed by atoms with Gasteiger partial charge in [-0.3, -0.25) is 4.68 Å². The maximum absolute atomic E-state index is 6.35. The van der Waals surface area contributed by atoms with E-state index in [2.05, 4.69) is 236 Å². The molecule has 0 bridgehead atoms. The molecule has 0 saturated heterocycles. The van der Waals surface area contributed by atoms with Gasteiger partial charge >= 0.3 is 46.3 Å². The van der Waals surface area contributed by atoms with Crippen molar-refractivity contribution < 1.29 is 63.0 Å². The highest BCUT2D eigenvalue weighted by Crippen LogP contribution is 2.40. The SMILES string of the molecule is Cc1cc(-c2cccc(-c3occ[n+]3C)[n+]2C)n(C)n1.Cc1ccc2c(n1)oc1c(-c3cccc(-c4oc5ccccc5[n+]4C)[n+]3C)c(C)ccc12.Cc1ccc2c(oc3ccccc32)c1-c1cccc(-c2oc3ccccc3[n+]2C)[n+]1C.Cc1ccccc1-c1cccc(-c2oc3ccccc3[n+]2C)[n+]1C. The second-order valence-electron chi connectivity index (χ2n) is 27.4. The van der Waals surface area contributed by atoms with Gasteiger partial charge in [0.15, 0.2) is 11.8 Å². The molecule has 0 radical (unpaired) electrons. The van der Waals surface area contributed by atoms with E-state index in [1.165, 1.54) is 22.4 Å². The molecule has 0 aliphatic carbocycles. The molecule has 0 aliphatic heterocycles. The smallest absolute Gasteiger partial charge is 0.448 e. The van der Waals surface area contributed by atoms with Gasteiger partial charge in [-0.15, -0.1) is 0 Å². The van der Waals surface area contributed by atoms with Crippen molar-refractivity contribution in [2.24, 2.45) is 63.4 Å². The van der Waals surface area contributed by atoms with Gasteiger partial charge in [-0.1, -0.05) is 97.1 Å². The molecule has 107 heavy (non-hydrogen) atoms. The Morgan fingerprint density at radius 2 is 0.738 bits per heavy atom. The number of furan rings is 2. The zero-order valence-corrected chi connectivity index (χ0v) is 62.5. The summed E-state index contributed by atoms with van der Waals surface area (Å²) < 4.78 is 55.7. The summed E-state index contributed by atoms with van der Waals surface area (Å²) in [6.07, 6.45) is 3.59. The first-order valence-corrected chi connectivity index (χ1v) is 35.7. The number of hydrogen-bond acceptors (Lipinski definition) is 8. The lowest BCUT2D eigenvalue weighted by atomic mass is 10.0. The van der Waals surface area contributed by atoms with Crippen LogP contribution in [-0.2, 0) is 63.4 Å². The van der Waals surface area contributed by atoms with E-state index in [-0.39, 0.29) is 0 Å². The monoisotopic (exact) mass is 1410 g/mol. The maximum Gasteiger partial charge on any atom is 0.448 e. The van der Waals surface area contributed by atoms with Crippen molar-refractivity contribution in [1.29, 1.82) is 0 Å². The summed E-state index contributed by atoms with van der Waals surface area (Å²) in [7, 11) is 18.3. The summed E-state index contributed by atoms with van der Waals surface area (Å²) in [4.78, 5) is 4.61. The first kappa shape index (κ1) is 68.2. The van der Waals surface area contributed by atoms with E-state index >= 15 is 0 Å². The van der Waals surface area contributed by atoms with Crippen molar-refractivity contribution in [1.82, 2.24) is 14.8 Å². The lowest BCUT2D eigenvalue weighted by Crippen LogP contribution is -2.39. The number of oxazole rings is 4. The minimum atomic E-state index is 0.675. The first-order chi connectivity index (χ1) is 51.9. The predicted molar refractivity (Wildman–Crippen MR) is 413 cm³/mol. The number of rotatable bonds is 8. The number of para-hydroxylation sites is 7. The highest BCUT2D eigenvalue weighted by molar-refractivity contribution is 6.10. The fraction of sp³-hybridized carbons (Fsp3) is 0.156. The topological polar surface area (TPSA) is 141 Å². The van der Waals surface area contributed by atoms with E-state index in [1.807, 2.05) is 157 Å². The number of hydrogen-bond donors (Lipinski definition) is 0. The van der Waals surface area contributed by atoms with E-state index in [0.717, 1.165) is 169 Å². The minimum absolute atomic E-state index is 0.675. The van der Waals surface area contributed by atoms with Gasteiger partial charge in [-0.2, -0.15) is 41.6 Å². The summed E-state index contributed by atoms with van der Waals surface area (Å²) >= 11 is 0. The van der Waals surface area contributed by atoms with Gasteiger partial charge in [0.25, 0.3) is 16.6 Å². The molecule has 0 fully saturated rings. The van der Waals surface area contributed by atoms with Crippen LogP contribution in [0.2, 0.25) is 0 Å². The molecule has 12 heterocycles. The Hall–Kier alpha value is -13.3. The van der Waals surface area contributed by atoms with E-state index in [9.17, 15) is 0 Å². The molecular weight excluding hydrogens is 1330 g/mol. The van der Waals surface area contributed by atoms with E-state index in [1.54, 1.807) is 6.26 Å². The fourth-order valence-corrected chi connectivity index (χ4v) is 14.9. The number of pyridine rings is 5. The highest BCUT2D eigenvalue weighted by atomic mass is 16.4. The minimum Gasteiger partial charge on any atom is -0.455 e. The van der Waals surface area contributed by atoms with Crippen molar-refractivity contribution in [2.45, 2.75) is 34.6 Å². The number of fused-ring (bicyclic) bond motifs is 9. The van der Waals surface area contributed by atoms with Crippen LogP contribution in [0.4, 0.5) is 0 Å². The summed E-state index contributed by atoms with van der Waals surface area (Å²) in [5, 5.41) is 8.80. The third-order valence-electron chi connectivity index (χ3n) is 20.6. The number of aryl methyl sites for hydroxylation is 10. The van der Waals surface area contributed by atoms with Crippen LogP contribution in [0.1, 0.15) is 28.1 Å². The van der Waals surface area contributed by atoms with Crippen LogP contribution in [0.25, 0.3) is 169 Å². The van der Waals surface area contributed by atoms with Gasteiger partial charge in [0.1, 0.15) is 73.2 Å². The molecule has 19 aromatic rings. The van der Waals surface area contributed by atoms with Gasteiger partial charge in [0, 0.05) is 107 Å². The molecule has 526 valence electrons. The van der Waals surface area contributed by atoms with Crippen LogP contribution in [0.3, 0.4) is 0 Å². The van der Waals surface area contributed by atoms with Crippen molar-refractivity contribution in [3.63, 3.8) is 0 Å². The number of aromatic nitrogens is 11. The molecule has 0 aliphatic rings. The largest absolute Gasteiger partial charge is 0.455 e. The zero-order valence-electron chi connectivity index (χ0n) is 62.5. The highest BCUT2D eigenvalue weighted by Gasteiger charge is 2.35. The summed E-state index contributed by atoms with van der Waals surface area (Å²) in [5.74, 6) is 3.31. The Morgan fingerprint density at radius 1 is 0.318 bits per heavy atom. The second kappa shape index (κ2) is 27.7. The molecule has 0 N–H and O–H groups in total. The van der Waals surface area contributed by atoms with Gasteiger partial charge in [0.2, 0.25) is 51.4 Å². The van der Waals surface area contributed by atoms with E-state index in [0.29, 0.717) is 5.71 Å². The van der Waals surface area contributed by atoms with Crippen LogP contribution in [-0.4, -0.2) is 14.8 Å². The third-order valence-corrected chi connectivity index (χ3v) is 20.6. The normalized spacial score (nSPS) is 11.5. The molecule has 17 nitrogen and oxygen atoms in total. The van der Waals surface area contributed by atoms with Gasteiger partial charge < -0.3 is 26.5 Å². The van der Waals surface area contributed by atoms with Crippen LogP contribution < -0.4 is 36.5 Å². The van der Waals surface area contributed by atoms with Crippen LogP contribution in [0.5, 0.6) is 0 Å². The zero-order chi connectivity index (χ0) is 74.1. The maximum atomic E-state index is 6.35. The first-order valence-electron chi connectivity index (χ1n) is 35.7. The Kier molecular flexibility index (Phi) is 17.7.